The molecule has 8 heteroatoms. The normalized spacial score (nSPS) is 19.4. The number of fused-ring (bicyclic) bond motifs is 1. The quantitative estimate of drug-likeness (QED) is 0.809. The molecule has 0 saturated carbocycles. The predicted molar refractivity (Wildman–Crippen MR) is 105 cm³/mol. The van der Waals surface area contributed by atoms with Gasteiger partial charge in [0.2, 0.25) is 15.9 Å². The molecule has 0 aromatic heterocycles. The third-order valence-corrected chi connectivity index (χ3v) is 6.76. The Balaban J connectivity index is 0.00000243. The predicted octanol–water partition coefficient (Wildman–Crippen LogP) is 2.08. The van der Waals surface area contributed by atoms with Crippen molar-refractivity contribution in [2.45, 2.75) is 44.4 Å². The van der Waals surface area contributed by atoms with Crippen molar-refractivity contribution in [3.8, 4) is 0 Å². The Hall–Kier alpha value is -1.15. The number of aryl methyl sites for hydroxylation is 1. The van der Waals surface area contributed by atoms with Crippen LogP contribution in [0.1, 0.15) is 38.7 Å². The van der Waals surface area contributed by atoms with Crippen LogP contribution >= 0.6 is 12.4 Å². The number of hydrogen-bond donors (Lipinski definition) is 2. The summed E-state index contributed by atoms with van der Waals surface area (Å²) < 4.78 is 28.3. The van der Waals surface area contributed by atoms with Gasteiger partial charge in [-0.25, -0.2) is 13.1 Å². The lowest BCUT2D eigenvalue weighted by Crippen LogP contribution is -2.42. The second-order valence-electron chi connectivity index (χ2n) is 7.45. The Labute approximate surface area is 162 Å². The molecule has 1 saturated heterocycles. The van der Waals surface area contributed by atoms with E-state index >= 15 is 0 Å². The van der Waals surface area contributed by atoms with Gasteiger partial charge >= 0.3 is 0 Å². The summed E-state index contributed by atoms with van der Waals surface area (Å²) in [6, 6.07) is 5.13. The molecule has 146 valence electrons. The van der Waals surface area contributed by atoms with Crippen LogP contribution in [0.4, 0.5) is 5.69 Å². The first-order chi connectivity index (χ1) is 11.8. The van der Waals surface area contributed by atoms with Crippen molar-refractivity contribution in [1.29, 1.82) is 0 Å². The zero-order chi connectivity index (χ0) is 18.1. The highest BCUT2D eigenvalue weighted by Crippen LogP contribution is 2.31. The van der Waals surface area contributed by atoms with Crippen molar-refractivity contribution in [1.82, 2.24) is 10.0 Å². The van der Waals surface area contributed by atoms with E-state index in [1.807, 2.05) is 6.07 Å². The molecule has 1 fully saturated rings. The molecule has 0 unspecified atom stereocenters. The Morgan fingerprint density at radius 3 is 2.65 bits per heavy atom. The first kappa shape index (κ1) is 21.2. The number of nitrogens with zero attached hydrogens (tertiary/aromatic N) is 1. The number of sulfonamides is 1. The maximum atomic E-state index is 12.7. The monoisotopic (exact) mass is 401 g/mol. The summed E-state index contributed by atoms with van der Waals surface area (Å²) in [5, 5.41) is 3.30. The van der Waals surface area contributed by atoms with Crippen LogP contribution in [0.2, 0.25) is 0 Å². The van der Waals surface area contributed by atoms with Crippen molar-refractivity contribution in [3.63, 3.8) is 0 Å². The number of benzene rings is 1. The van der Waals surface area contributed by atoms with E-state index in [4.69, 9.17) is 0 Å². The number of nitrogens with one attached hydrogen (secondary N) is 2. The summed E-state index contributed by atoms with van der Waals surface area (Å²) >= 11 is 0. The molecule has 2 N–H and O–H groups in total. The maximum Gasteiger partial charge on any atom is 0.240 e. The van der Waals surface area contributed by atoms with Crippen molar-refractivity contribution in [2.24, 2.45) is 5.41 Å². The van der Waals surface area contributed by atoms with E-state index in [1.165, 1.54) is 6.92 Å². The highest BCUT2D eigenvalue weighted by molar-refractivity contribution is 7.89. The second kappa shape index (κ2) is 8.25. The molecule has 2 aliphatic heterocycles. The Kier molecular flexibility index (Phi) is 6.71. The summed E-state index contributed by atoms with van der Waals surface area (Å²) in [5.41, 5.74) is 1.75. The first-order valence-electron chi connectivity index (χ1n) is 8.92. The zero-order valence-corrected chi connectivity index (χ0v) is 17.0. The van der Waals surface area contributed by atoms with Gasteiger partial charge in [-0.05, 0) is 61.9 Å². The molecule has 2 aliphatic rings. The van der Waals surface area contributed by atoms with E-state index in [0.717, 1.165) is 50.0 Å². The number of rotatable bonds is 4. The molecule has 6 nitrogen and oxygen atoms in total. The van der Waals surface area contributed by atoms with E-state index in [1.54, 1.807) is 17.0 Å². The van der Waals surface area contributed by atoms with Crippen LogP contribution in [-0.4, -0.2) is 40.5 Å². The molecule has 0 radical (unpaired) electrons. The van der Waals surface area contributed by atoms with Gasteiger partial charge in [0, 0.05) is 25.7 Å². The van der Waals surface area contributed by atoms with Crippen molar-refractivity contribution < 1.29 is 13.2 Å². The zero-order valence-electron chi connectivity index (χ0n) is 15.4. The summed E-state index contributed by atoms with van der Waals surface area (Å²) in [5.74, 6) is -0.0503. The lowest BCUT2D eigenvalue weighted by atomic mass is 9.81. The number of hydrogen-bond acceptors (Lipinski definition) is 4. The number of carbonyl (C=O) groups is 1. The van der Waals surface area contributed by atoms with E-state index in [-0.39, 0.29) is 28.6 Å². The largest absolute Gasteiger partial charge is 0.317 e. The number of anilines is 1. The van der Waals surface area contributed by atoms with Gasteiger partial charge in [-0.15, -0.1) is 12.4 Å². The van der Waals surface area contributed by atoms with Crippen LogP contribution in [0.25, 0.3) is 0 Å². The molecule has 3 rings (SSSR count). The van der Waals surface area contributed by atoms with Crippen molar-refractivity contribution >= 4 is 34.0 Å². The Morgan fingerprint density at radius 1 is 1.31 bits per heavy atom. The summed E-state index contributed by atoms with van der Waals surface area (Å²) in [4.78, 5) is 13.8. The fraction of sp³-hybridized carbons (Fsp3) is 0.611. The van der Waals surface area contributed by atoms with Gasteiger partial charge < -0.3 is 10.2 Å². The molecule has 2 heterocycles. The molecule has 0 bridgehead atoms. The van der Waals surface area contributed by atoms with Crippen molar-refractivity contribution in [3.05, 3.63) is 23.8 Å². The average molecular weight is 402 g/mol. The third-order valence-electron chi connectivity index (χ3n) is 5.37. The van der Waals surface area contributed by atoms with Gasteiger partial charge in [0.15, 0.2) is 0 Å². The number of carbonyl (C=O) groups excluding carboxylic acids is 1. The molecule has 1 aromatic rings. The van der Waals surface area contributed by atoms with E-state index in [0.29, 0.717) is 13.1 Å². The topological polar surface area (TPSA) is 78.5 Å². The fourth-order valence-corrected chi connectivity index (χ4v) is 4.83. The highest BCUT2D eigenvalue weighted by atomic mass is 35.5. The van der Waals surface area contributed by atoms with Crippen LogP contribution < -0.4 is 14.9 Å². The van der Waals surface area contributed by atoms with Gasteiger partial charge in [0.05, 0.1) is 4.90 Å². The van der Waals surface area contributed by atoms with Gasteiger partial charge in [0.25, 0.3) is 0 Å². The second-order valence-corrected chi connectivity index (χ2v) is 9.22. The highest BCUT2D eigenvalue weighted by Gasteiger charge is 2.29. The fourth-order valence-electron chi connectivity index (χ4n) is 3.61. The number of amides is 1. The molecule has 0 atom stereocenters. The third kappa shape index (κ3) is 4.57. The average Bonchev–Trinajstić information content (AvgIpc) is 2.60. The summed E-state index contributed by atoms with van der Waals surface area (Å²) in [7, 11) is -3.59. The maximum absolute atomic E-state index is 12.7. The van der Waals surface area contributed by atoms with E-state index < -0.39 is 10.0 Å². The lowest BCUT2D eigenvalue weighted by molar-refractivity contribution is -0.116. The minimum atomic E-state index is -3.59. The minimum absolute atomic E-state index is 0. The van der Waals surface area contributed by atoms with Gasteiger partial charge in [-0.2, -0.15) is 0 Å². The van der Waals surface area contributed by atoms with E-state index in [9.17, 15) is 13.2 Å². The number of piperidine rings is 1. The molecule has 1 amide bonds. The van der Waals surface area contributed by atoms with Gasteiger partial charge in [-0.1, -0.05) is 13.0 Å². The van der Waals surface area contributed by atoms with Crippen LogP contribution in [0.5, 0.6) is 0 Å². The van der Waals surface area contributed by atoms with Crippen molar-refractivity contribution in [2.75, 3.05) is 31.1 Å². The first-order valence-corrected chi connectivity index (χ1v) is 10.4. The van der Waals surface area contributed by atoms with Crippen LogP contribution in [0.15, 0.2) is 23.1 Å². The van der Waals surface area contributed by atoms with E-state index in [2.05, 4.69) is 17.0 Å². The molecular weight excluding hydrogens is 374 g/mol. The van der Waals surface area contributed by atoms with Crippen LogP contribution in [0.3, 0.4) is 0 Å². The smallest absolute Gasteiger partial charge is 0.240 e. The standard InChI is InChI=1S/C18H27N3O3S.ClH/c1-14(22)21-11-3-4-15-5-6-16(12-17(15)21)25(23,24)20-13-18(2)7-9-19-10-8-18;/h5-6,12,19-20H,3-4,7-11,13H2,1-2H3;1H. The summed E-state index contributed by atoms with van der Waals surface area (Å²) in [6.07, 6.45) is 3.69. The Bertz CT molecular complexity index is 761. The van der Waals surface area contributed by atoms with Gasteiger partial charge in [0.1, 0.15) is 0 Å². The van der Waals surface area contributed by atoms with Crippen LogP contribution in [0, 0.1) is 5.41 Å². The minimum Gasteiger partial charge on any atom is -0.317 e. The molecule has 0 spiro atoms. The Morgan fingerprint density at radius 2 is 2.00 bits per heavy atom. The number of halogens is 1. The molecular formula is C18H28ClN3O3S. The van der Waals surface area contributed by atoms with Crippen LogP contribution in [-0.2, 0) is 21.2 Å². The molecule has 26 heavy (non-hydrogen) atoms. The SMILES string of the molecule is CC(=O)N1CCCc2ccc(S(=O)(=O)NCC3(C)CCNCC3)cc21.Cl. The molecule has 0 aliphatic carbocycles. The lowest BCUT2D eigenvalue weighted by Gasteiger charge is -2.34. The van der Waals surface area contributed by atoms with Gasteiger partial charge in [-0.3, -0.25) is 4.79 Å². The molecule has 1 aromatic carbocycles. The summed E-state index contributed by atoms with van der Waals surface area (Å²) in [6.45, 7) is 6.57.